The van der Waals surface area contributed by atoms with E-state index in [1.54, 1.807) is 12.1 Å². The van der Waals surface area contributed by atoms with Crippen molar-refractivity contribution < 1.29 is 17.9 Å². The number of nitrogens with one attached hydrogen (secondary N) is 2. The fourth-order valence-electron chi connectivity index (χ4n) is 5.41. The summed E-state index contributed by atoms with van der Waals surface area (Å²) < 4.78 is 34.9. The van der Waals surface area contributed by atoms with Crippen molar-refractivity contribution in [2.75, 3.05) is 13.1 Å². The number of carbonyl (C=O) groups is 1. The Kier molecular flexibility index (Phi) is 6.70. The molecular weight excluding hydrogens is 462 g/mol. The van der Waals surface area contributed by atoms with E-state index in [9.17, 15) is 13.2 Å². The zero-order valence-electron chi connectivity index (χ0n) is 20.2. The maximum Gasteiger partial charge on any atom is 0.240 e. The summed E-state index contributed by atoms with van der Waals surface area (Å²) in [6.07, 6.45) is 2.81. The highest BCUT2D eigenvalue weighted by molar-refractivity contribution is 7.89. The predicted octanol–water partition coefficient (Wildman–Crippen LogP) is 4.31. The Morgan fingerprint density at radius 2 is 1.66 bits per heavy atom. The van der Waals surface area contributed by atoms with Crippen molar-refractivity contribution in [1.29, 1.82) is 0 Å². The highest BCUT2D eigenvalue weighted by atomic mass is 32.2. The highest BCUT2D eigenvalue weighted by Gasteiger charge is 2.34. The molecule has 2 aromatic carbocycles. The molecule has 1 aliphatic carbocycles. The minimum atomic E-state index is -3.66. The van der Waals surface area contributed by atoms with Gasteiger partial charge in [0.2, 0.25) is 15.9 Å². The van der Waals surface area contributed by atoms with Crippen molar-refractivity contribution in [3.05, 3.63) is 54.6 Å². The SMILES string of the molecule is C[C@@H]1CN(C(=O)[C@H]2CC[C@H](NS(=O)(=O)c3ccc4cc(-c5ccccc5)[nH]c4c3)CC2)C[C@H](C)O1. The Bertz CT molecular complexity index is 1290. The van der Waals surface area contributed by atoms with Gasteiger partial charge >= 0.3 is 0 Å². The lowest BCUT2D eigenvalue weighted by atomic mass is 9.85. The molecule has 2 heterocycles. The van der Waals surface area contributed by atoms with Crippen LogP contribution >= 0.6 is 0 Å². The van der Waals surface area contributed by atoms with Crippen LogP contribution in [0.4, 0.5) is 0 Å². The van der Waals surface area contributed by atoms with Gasteiger partial charge in [0, 0.05) is 41.6 Å². The monoisotopic (exact) mass is 495 g/mol. The molecule has 1 amide bonds. The van der Waals surface area contributed by atoms with Crippen LogP contribution in [0.2, 0.25) is 0 Å². The van der Waals surface area contributed by atoms with Gasteiger partial charge in [-0.05, 0) is 63.3 Å². The molecule has 2 fully saturated rings. The average Bonchev–Trinajstić information content (AvgIpc) is 3.27. The molecule has 1 saturated heterocycles. The summed E-state index contributed by atoms with van der Waals surface area (Å²) in [6.45, 7) is 5.25. The fourth-order valence-corrected chi connectivity index (χ4v) is 6.74. The summed E-state index contributed by atoms with van der Waals surface area (Å²) in [6, 6.07) is 17.0. The van der Waals surface area contributed by atoms with E-state index < -0.39 is 10.0 Å². The molecule has 35 heavy (non-hydrogen) atoms. The van der Waals surface area contributed by atoms with E-state index in [2.05, 4.69) is 9.71 Å². The standard InChI is InChI=1S/C27H33N3O4S/c1-18-16-30(17-19(2)34-18)27(31)21-8-11-23(12-9-21)29-35(32,33)24-13-10-22-14-25(28-26(22)15-24)20-6-4-3-5-7-20/h3-7,10,13-15,18-19,21,23,28-29H,8-9,11-12,16-17H2,1-2H3/t18-,19+,21-,23-. The van der Waals surface area contributed by atoms with Gasteiger partial charge in [-0.1, -0.05) is 36.4 Å². The van der Waals surface area contributed by atoms with Crippen molar-refractivity contribution in [3.8, 4) is 11.3 Å². The first-order valence-electron chi connectivity index (χ1n) is 12.4. The number of sulfonamides is 1. The Morgan fingerprint density at radius 1 is 0.971 bits per heavy atom. The van der Waals surface area contributed by atoms with Crippen molar-refractivity contribution in [2.24, 2.45) is 5.92 Å². The number of aromatic amines is 1. The predicted molar refractivity (Wildman–Crippen MR) is 136 cm³/mol. The number of ether oxygens (including phenoxy) is 1. The van der Waals surface area contributed by atoms with Gasteiger partial charge in [-0.25, -0.2) is 13.1 Å². The Balaban J connectivity index is 1.22. The summed E-state index contributed by atoms with van der Waals surface area (Å²) >= 11 is 0. The molecule has 5 rings (SSSR count). The molecule has 2 N–H and O–H groups in total. The zero-order valence-corrected chi connectivity index (χ0v) is 21.1. The van der Waals surface area contributed by atoms with Crippen molar-refractivity contribution in [3.63, 3.8) is 0 Å². The number of H-pyrrole nitrogens is 1. The largest absolute Gasteiger partial charge is 0.372 e. The van der Waals surface area contributed by atoms with Gasteiger partial charge in [0.25, 0.3) is 0 Å². The lowest BCUT2D eigenvalue weighted by Crippen LogP contribution is -2.51. The highest BCUT2D eigenvalue weighted by Crippen LogP contribution is 2.29. The molecular formula is C27H33N3O4S. The molecule has 0 bridgehead atoms. The maximum atomic E-state index is 13.1. The second-order valence-electron chi connectivity index (χ2n) is 9.97. The van der Waals surface area contributed by atoms with E-state index >= 15 is 0 Å². The quantitative estimate of drug-likeness (QED) is 0.552. The molecule has 186 valence electrons. The Labute approximate surface area is 206 Å². The van der Waals surface area contributed by atoms with Crippen molar-refractivity contribution in [1.82, 2.24) is 14.6 Å². The van der Waals surface area contributed by atoms with Crippen molar-refractivity contribution >= 4 is 26.8 Å². The molecule has 8 heteroatoms. The number of aromatic nitrogens is 1. The van der Waals surface area contributed by atoms with Gasteiger partial charge in [0.05, 0.1) is 17.1 Å². The number of amides is 1. The minimum absolute atomic E-state index is 0.0417. The Morgan fingerprint density at radius 3 is 2.34 bits per heavy atom. The van der Waals surface area contributed by atoms with Crippen LogP contribution in [0.3, 0.4) is 0 Å². The molecule has 1 aliphatic heterocycles. The molecule has 3 aromatic rings. The lowest BCUT2D eigenvalue weighted by molar-refractivity contribution is -0.148. The van der Waals surface area contributed by atoms with Gasteiger partial charge in [0.15, 0.2) is 0 Å². The normalized spacial score (nSPS) is 25.6. The number of morpholine rings is 1. The smallest absolute Gasteiger partial charge is 0.240 e. The summed E-state index contributed by atoms with van der Waals surface area (Å²) in [5.41, 5.74) is 2.80. The van der Waals surface area contributed by atoms with Gasteiger partial charge in [0.1, 0.15) is 0 Å². The fraction of sp³-hybridized carbons (Fsp3) is 0.444. The van der Waals surface area contributed by atoms with E-state index in [4.69, 9.17) is 4.74 Å². The van der Waals surface area contributed by atoms with E-state index in [1.165, 1.54) is 0 Å². The number of carbonyl (C=O) groups excluding carboxylic acids is 1. The minimum Gasteiger partial charge on any atom is -0.372 e. The summed E-state index contributed by atoms with van der Waals surface area (Å²) in [7, 11) is -3.66. The third-order valence-electron chi connectivity index (χ3n) is 7.12. The number of benzene rings is 2. The summed E-state index contributed by atoms with van der Waals surface area (Å²) in [4.78, 5) is 18.5. The van der Waals surface area contributed by atoms with Gasteiger partial charge in [-0.3, -0.25) is 4.79 Å². The molecule has 0 spiro atoms. The number of rotatable bonds is 5. The summed E-state index contributed by atoms with van der Waals surface area (Å²) in [5, 5.41) is 0.966. The number of hydrogen-bond donors (Lipinski definition) is 2. The zero-order chi connectivity index (χ0) is 24.6. The van der Waals surface area contributed by atoms with Crippen LogP contribution in [0.15, 0.2) is 59.5 Å². The number of nitrogens with zero attached hydrogens (tertiary/aromatic N) is 1. The second kappa shape index (κ2) is 9.76. The van der Waals surface area contributed by atoms with Gasteiger partial charge in [-0.2, -0.15) is 0 Å². The number of hydrogen-bond acceptors (Lipinski definition) is 4. The molecule has 1 aromatic heterocycles. The number of fused-ring (bicyclic) bond motifs is 1. The van der Waals surface area contributed by atoms with Crippen molar-refractivity contribution in [2.45, 2.75) is 62.7 Å². The first-order chi connectivity index (χ1) is 16.8. The van der Waals surface area contributed by atoms with Crippen LogP contribution in [0.25, 0.3) is 22.2 Å². The first kappa shape index (κ1) is 24.0. The third-order valence-corrected chi connectivity index (χ3v) is 8.64. The van der Waals surface area contributed by atoms with E-state index in [-0.39, 0.29) is 35.0 Å². The van der Waals surface area contributed by atoms with Crippen LogP contribution in [0.1, 0.15) is 39.5 Å². The maximum absolute atomic E-state index is 13.1. The molecule has 0 unspecified atom stereocenters. The van der Waals surface area contributed by atoms with E-state index in [0.717, 1.165) is 22.2 Å². The summed E-state index contributed by atoms with van der Waals surface area (Å²) in [5.74, 6) is 0.139. The van der Waals surface area contributed by atoms with E-state index in [1.807, 2.05) is 61.2 Å². The topological polar surface area (TPSA) is 91.5 Å². The van der Waals surface area contributed by atoms with Crippen LogP contribution in [0, 0.1) is 5.92 Å². The van der Waals surface area contributed by atoms with E-state index in [0.29, 0.717) is 38.8 Å². The van der Waals surface area contributed by atoms with Gasteiger partial charge in [-0.15, -0.1) is 0 Å². The Hall–Kier alpha value is -2.68. The van der Waals surface area contributed by atoms with Crippen LogP contribution in [-0.4, -0.2) is 55.5 Å². The van der Waals surface area contributed by atoms with Crippen LogP contribution in [0.5, 0.6) is 0 Å². The molecule has 1 saturated carbocycles. The molecule has 0 radical (unpaired) electrons. The molecule has 2 aliphatic rings. The third kappa shape index (κ3) is 5.29. The molecule has 2 atom stereocenters. The first-order valence-corrected chi connectivity index (χ1v) is 13.9. The van der Waals surface area contributed by atoms with Crippen LogP contribution in [-0.2, 0) is 19.6 Å². The van der Waals surface area contributed by atoms with Gasteiger partial charge < -0.3 is 14.6 Å². The second-order valence-corrected chi connectivity index (χ2v) is 11.7. The average molecular weight is 496 g/mol. The van der Waals surface area contributed by atoms with Crippen LogP contribution < -0.4 is 4.72 Å². The molecule has 7 nitrogen and oxygen atoms in total. The lowest BCUT2D eigenvalue weighted by Gasteiger charge is -2.38.